The Kier molecular flexibility index (Phi) is 14.9. The van der Waals surface area contributed by atoms with Crippen LogP contribution in [0.25, 0.3) is 16.4 Å². The molecule has 0 aliphatic rings. The zero-order valence-electron chi connectivity index (χ0n) is 23.6. The number of aromatic nitrogens is 1. The number of Topliss-reactive ketones (excluding diaryl/α,β-unsaturated/α-hetero) is 1. The molecule has 1 radical (unpaired) electrons. The minimum Gasteiger partial charge on any atom is -0.569 e. The first-order valence-corrected chi connectivity index (χ1v) is 12.6. The number of carbonyl (C=O) groups excluding carboxylic acids is 1. The van der Waals surface area contributed by atoms with Gasteiger partial charge in [-0.3, -0.25) is 4.79 Å². The van der Waals surface area contributed by atoms with Gasteiger partial charge in [0.25, 0.3) is 0 Å². The van der Waals surface area contributed by atoms with Crippen molar-refractivity contribution in [3.8, 4) is 23.8 Å². The minimum atomic E-state index is -0.784. The number of ketones is 1. The van der Waals surface area contributed by atoms with Gasteiger partial charge in [0.15, 0.2) is 5.78 Å². The Morgan fingerprint density at radius 2 is 1.97 bits per heavy atom. The standard InChI is InChI=1S/C15H20NO5.C15H17NO.Y/c1-4-11(17)14-12(18)9-13(21-15(14)19)10(2)7-5-6-8-16-20-3;1-5-6-13-9-12-10-14(17-11(2)3)7-8-15(12)16(13)4;/h6,8-10H,4-5,7H2,1-3H3,(H,17,18,19);1,7-11H,6H2,2-4H3;/q-1;;/b8-6-;;. The van der Waals surface area contributed by atoms with Gasteiger partial charge in [-0.1, -0.05) is 13.8 Å². The van der Waals surface area contributed by atoms with Crippen LogP contribution in [0.2, 0.25) is 0 Å². The number of hydrogen-bond acceptors (Lipinski definition) is 6. The summed E-state index contributed by atoms with van der Waals surface area (Å²) in [6, 6.07) is 9.62. The first-order chi connectivity index (χ1) is 18.1. The normalized spacial score (nSPS) is 11.4. The Bertz CT molecular complexity index is 1350. The third kappa shape index (κ3) is 10.00. The van der Waals surface area contributed by atoms with Crippen molar-refractivity contribution >= 4 is 16.7 Å². The van der Waals surface area contributed by atoms with E-state index >= 15 is 0 Å². The molecule has 1 atom stereocenters. The van der Waals surface area contributed by atoms with Gasteiger partial charge in [-0.25, -0.2) is 4.79 Å². The molecule has 8 nitrogen and oxygen atoms in total. The average Bonchev–Trinajstić information content (AvgIpc) is 3.17. The van der Waals surface area contributed by atoms with Crippen LogP contribution in [0, 0.1) is 12.3 Å². The van der Waals surface area contributed by atoms with E-state index in [0.717, 1.165) is 11.4 Å². The van der Waals surface area contributed by atoms with E-state index in [9.17, 15) is 14.7 Å². The Labute approximate surface area is 255 Å². The van der Waals surface area contributed by atoms with Crippen LogP contribution in [-0.4, -0.2) is 28.7 Å². The number of aryl methyl sites for hydroxylation is 1. The van der Waals surface area contributed by atoms with Gasteiger partial charge in [0.1, 0.15) is 22.8 Å². The number of hydrogen-bond donors (Lipinski definition) is 1. The van der Waals surface area contributed by atoms with Crippen molar-refractivity contribution in [2.75, 3.05) is 7.11 Å². The molecule has 1 aromatic carbocycles. The fraction of sp³-hybridized carbons (Fsp3) is 0.400. The van der Waals surface area contributed by atoms with Crippen molar-refractivity contribution in [1.29, 1.82) is 0 Å². The molecule has 0 saturated heterocycles. The molecule has 2 heterocycles. The summed E-state index contributed by atoms with van der Waals surface area (Å²) >= 11 is 0. The molecule has 39 heavy (non-hydrogen) atoms. The van der Waals surface area contributed by atoms with Gasteiger partial charge in [0.2, 0.25) is 0 Å². The number of rotatable bonds is 11. The second-order valence-electron chi connectivity index (χ2n) is 9.09. The number of fused-ring (bicyclic) bond motifs is 1. The van der Waals surface area contributed by atoms with Crippen molar-refractivity contribution in [3.63, 3.8) is 0 Å². The zero-order chi connectivity index (χ0) is 28.2. The number of allylic oxidation sites excluding steroid dienone is 1. The number of carbonyl (C=O) groups is 1. The topological polar surface area (TPSA) is 105 Å². The number of nitrogens with zero attached hydrogens (tertiary/aromatic N) is 2. The van der Waals surface area contributed by atoms with E-state index in [1.165, 1.54) is 24.1 Å². The quantitative estimate of drug-likeness (QED) is 0.153. The van der Waals surface area contributed by atoms with Crippen LogP contribution in [0.4, 0.5) is 0 Å². The van der Waals surface area contributed by atoms with Gasteiger partial charge in [-0.15, -0.1) is 18.4 Å². The molecule has 9 heteroatoms. The van der Waals surface area contributed by atoms with E-state index in [-0.39, 0.29) is 62.5 Å². The van der Waals surface area contributed by atoms with Crippen molar-refractivity contribution in [3.05, 3.63) is 75.5 Å². The van der Waals surface area contributed by atoms with E-state index in [4.69, 9.17) is 15.6 Å². The summed E-state index contributed by atoms with van der Waals surface area (Å²) in [4.78, 5) is 27.9. The van der Waals surface area contributed by atoms with Gasteiger partial charge in [-0.05, 0) is 51.0 Å². The third-order valence-corrected chi connectivity index (χ3v) is 5.84. The second kappa shape index (κ2) is 17.0. The van der Waals surface area contributed by atoms with Gasteiger partial charge in [0.05, 0.1) is 6.10 Å². The summed E-state index contributed by atoms with van der Waals surface area (Å²) in [5, 5.41) is 11.0. The molecule has 3 aromatic rings. The monoisotopic (exact) mass is 610 g/mol. The molecule has 3 rings (SSSR count). The number of hydroxylamine groups is 1. The Morgan fingerprint density at radius 3 is 2.56 bits per heavy atom. The molecule has 0 fully saturated rings. The summed E-state index contributed by atoms with van der Waals surface area (Å²) < 4.78 is 13.0. The summed E-state index contributed by atoms with van der Waals surface area (Å²) in [6.45, 7) is 7.55. The SMILES string of the molecule is C#CCc1cc2cc(OC(C)C)ccc2n1C.CCC(=O)c1c(O)cc(C(C)CC/C=C\[N-]OC)oc1=O.[Y]. The first-order valence-electron chi connectivity index (χ1n) is 12.6. The van der Waals surface area contributed by atoms with Crippen LogP contribution >= 0.6 is 0 Å². The summed E-state index contributed by atoms with van der Waals surface area (Å²) in [7, 11) is 3.50. The van der Waals surface area contributed by atoms with E-state index in [0.29, 0.717) is 25.0 Å². The van der Waals surface area contributed by atoms with Gasteiger partial charge in [-0.2, -0.15) is 6.20 Å². The number of terminal acetylenes is 1. The van der Waals surface area contributed by atoms with E-state index in [1.54, 1.807) is 13.1 Å². The minimum absolute atomic E-state index is 0. The van der Waals surface area contributed by atoms with Crippen LogP contribution < -0.4 is 10.4 Å². The average molecular weight is 611 g/mol. The molecule has 1 unspecified atom stereocenters. The molecule has 0 spiro atoms. The predicted octanol–water partition coefficient (Wildman–Crippen LogP) is 6.41. The zero-order valence-corrected chi connectivity index (χ0v) is 26.4. The van der Waals surface area contributed by atoms with Crippen LogP contribution in [-0.2, 0) is 51.0 Å². The van der Waals surface area contributed by atoms with Crippen LogP contribution in [0.15, 0.2) is 51.8 Å². The molecular formula is C30H37N2O6Y-. The molecule has 0 amide bonds. The Balaban J connectivity index is 0.000000387. The van der Waals surface area contributed by atoms with Crippen LogP contribution in [0.5, 0.6) is 11.5 Å². The maximum atomic E-state index is 11.8. The van der Waals surface area contributed by atoms with Gasteiger partial charge >= 0.3 is 5.63 Å². The summed E-state index contributed by atoms with van der Waals surface area (Å²) in [6.07, 6.45) is 11.1. The Hall–Kier alpha value is -2.86. The third-order valence-electron chi connectivity index (χ3n) is 5.84. The fourth-order valence-electron chi connectivity index (χ4n) is 3.85. The summed E-state index contributed by atoms with van der Waals surface area (Å²) in [5.41, 5.74) is 4.87. The maximum Gasteiger partial charge on any atom is 0.350 e. The Morgan fingerprint density at radius 1 is 1.26 bits per heavy atom. The molecule has 207 valence electrons. The molecule has 1 N–H and O–H groups in total. The smallest absolute Gasteiger partial charge is 0.350 e. The van der Waals surface area contributed by atoms with Crippen LogP contribution in [0.3, 0.4) is 0 Å². The summed E-state index contributed by atoms with van der Waals surface area (Å²) in [5.74, 6) is 3.14. The van der Waals surface area contributed by atoms with E-state index in [2.05, 4.69) is 39.0 Å². The van der Waals surface area contributed by atoms with Crippen molar-refractivity contribution in [2.24, 2.45) is 7.05 Å². The largest absolute Gasteiger partial charge is 0.569 e. The van der Waals surface area contributed by atoms with Crippen LogP contribution in [0.1, 0.15) is 74.7 Å². The van der Waals surface area contributed by atoms with Gasteiger partial charge in [0, 0.05) is 88.3 Å². The molecule has 0 saturated carbocycles. The van der Waals surface area contributed by atoms with Gasteiger partial charge < -0.3 is 29.1 Å². The molecular weight excluding hydrogens is 573 g/mol. The fourth-order valence-corrected chi connectivity index (χ4v) is 3.85. The maximum absolute atomic E-state index is 11.8. The number of ether oxygens (including phenoxy) is 1. The number of benzene rings is 1. The first kappa shape index (κ1) is 34.2. The molecule has 0 aliphatic heterocycles. The van der Waals surface area contributed by atoms with Crippen molar-refractivity contribution < 1.29 is 56.6 Å². The predicted molar refractivity (Wildman–Crippen MR) is 150 cm³/mol. The molecule has 0 aliphatic carbocycles. The van der Waals surface area contributed by atoms with Crippen molar-refractivity contribution in [1.82, 2.24) is 4.57 Å². The number of aromatic hydroxyl groups is 1. The molecule has 2 aromatic heterocycles. The molecule has 0 bridgehead atoms. The van der Waals surface area contributed by atoms with E-state index < -0.39 is 11.4 Å². The van der Waals surface area contributed by atoms with E-state index in [1.807, 2.05) is 40.0 Å². The van der Waals surface area contributed by atoms with Crippen molar-refractivity contribution in [2.45, 2.75) is 65.4 Å². The second-order valence-corrected chi connectivity index (χ2v) is 9.09.